The molecule has 25 heavy (non-hydrogen) atoms. The van der Waals surface area contributed by atoms with Crippen molar-refractivity contribution in [2.45, 2.75) is 13.0 Å². The van der Waals surface area contributed by atoms with Gasteiger partial charge in [-0.2, -0.15) is 8.78 Å². The van der Waals surface area contributed by atoms with E-state index in [-0.39, 0.29) is 23.6 Å². The van der Waals surface area contributed by atoms with Crippen LogP contribution in [0.4, 0.5) is 8.78 Å². The predicted octanol–water partition coefficient (Wildman–Crippen LogP) is 3.65. The Bertz CT molecular complexity index is 1020. The Hall–Kier alpha value is -2.79. The van der Waals surface area contributed by atoms with E-state index < -0.39 is 12.3 Å². The summed E-state index contributed by atoms with van der Waals surface area (Å²) >= 11 is 3.36. The van der Waals surface area contributed by atoms with Gasteiger partial charge in [0.2, 0.25) is 5.89 Å². The van der Waals surface area contributed by atoms with Crippen molar-refractivity contribution in [3.63, 3.8) is 0 Å². The van der Waals surface area contributed by atoms with Crippen LogP contribution in [0.5, 0.6) is 0 Å². The maximum absolute atomic E-state index is 12.5. The molecule has 1 aromatic carbocycles. The van der Waals surface area contributed by atoms with Crippen molar-refractivity contribution in [2.75, 3.05) is 0 Å². The molecule has 0 N–H and O–H groups in total. The van der Waals surface area contributed by atoms with Crippen LogP contribution in [-0.2, 0) is 6.54 Å². The van der Waals surface area contributed by atoms with Crippen LogP contribution in [0.25, 0.3) is 11.5 Å². The Labute approximate surface area is 149 Å². The third kappa shape index (κ3) is 4.19. The normalized spacial score (nSPS) is 10.6. The molecule has 3 rings (SSSR count). The van der Waals surface area contributed by atoms with Gasteiger partial charge < -0.3 is 8.98 Å². The topological polar surface area (TPSA) is 60.9 Å². The van der Waals surface area contributed by atoms with E-state index >= 15 is 0 Å². The summed E-state index contributed by atoms with van der Waals surface area (Å²) in [5.41, 5.74) is 0.753. The Morgan fingerprint density at radius 1 is 1.24 bits per heavy atom. The van der Waals surface area contributed by atoms with Gasteiger partial charge in [-0.1, -0.05) is 33.8 Å². The first-order valence-corrected chi connectivity index (χ1v) is 7.89. The number of nitrogens with zero attached hydrogens (tertiary/aromatic N) is 3. The molecular formula is C17H10BrF2N3O2. The molecule has 3 aromatic rings. The van der Waals surface area contributed by atoms with Gasteiger partial charge in [0.15, 0.2) is 0 Å². The van der Waals surface area contributed by atoms with Crippen LogP contribution >= 0.6 is 15.9 Å². The van der Waals surface area contributed by atoms with Crippen molar-refractivity contribution in [2.24, 2.45) is 0 Å². The standard InChI is InChI=1S/C17H10BrF2N3O2/c18-13-5-1-3-11(9-13)4-2-7-23-8-6-12(10-14(23)24)16-21-22-17(25-16)15(19)20/h1,3,5-6,8-10,15H,7H2. The minimum atomic E-state index is -2.85. The van der Waals surface area contributed by atoms with Crippen LogP contribution in [0.2, 0.25) is 0 Å². The minimum Gasteiger partial charge on any atom is -0.415 e. The lowest BCUT2D eigenvalue weighted by atomic mass is 10.2. The highest BCUT2D eigenvalue weighted by Gasteiger charge is 2.17. The van der Waals surface area contributed by atoms with Crippen molar-refractivity contribution >= 4 is 15.9 Å². The van der Waals surface area contributed by atoms with E-state index in [1.165, 1.54) is 22.9 Å². The molecule has 0 fully saturated rings. The average molecular weight is 406 g/mol. The van der Waals surface area contributed by atoms with Crippen molar-refractivity contribution < 1.29 is 13.2 Å². The summed E-state index contributed by atoms with van der Waals surface area (Å²) in [7, 11) is 0. The Balaban J connectivity index is 1.77. The largest absolute Gasteiger partial charge is 0.415 e. The molecule has 0 atom stereocenters. The van der Waals surface area contributed by atoms with E-state index in [0.29, 0.717) is 0 Å². The van der Waals surface area contributed by atoms with E-state index in [9.17, 15) is 13.6 Å². The van der Waals surface area contributed by atoms with Crippen LogP contribution in [0, 0.1) is 11.8 Å². The van der Waals surface area contributed by atoms with Crippen molar-refractivity contribution in [3.05, 3.63) is 68.9 Å². The number of hydrogen-bond donors (Lipinski definition) is 0. The van der Waals surface area contributed by atoms with E-state index in [2.05, 4.69) is 38.0 Å². The molecule has 0 spiro atoms. The summed E-state index contributed by atoms with van der Waals surface area (Å²) in [5.74, 6) is 4.96. The third-order valence-electron chi connectivity index (χ3n) is 3.18. The van der Waals surface area contributed by atoms with Gasteiger partial charge in [-0.05, 0) is 24.3 Å². The van der Waals surface area contributed by atoms with E-state index in [1.54, 1.807) is 0 Å². The van der Waals surface area contributed by atoms with Gasteiger partial charge in [0.1, 0.15) is 0 Å². The molecule has 2 heterocycles. The molecule has 0 unspecified atom stereocenters. The second kappa shape index (κ2) is 7.40. The SMILES string of the molecule is O=c1cc(-c2nnc(C(F)F)o2)ccn1CC#Cc1cccc(Br)c1. The first-order chi connectivity index (χ1) is 12.0. The highest BCUT2D eigenvalue weighted by Crippen LogP contribution is 2.22. The zero-order chi connectivity index (χ0) is 17.8. The highest BCUT2D eigenvalue weighted by atomic mass is 79.9. The minimum absolute atomic E-state index is 0.125. The van der Waals surface area contributed by atoms with E-state index in [4.69, 9.17) is 4.42 Å². The lowest BCUT2D eigenvalue weighted by molar-refractivity contribution is 0.116. The zero-order valence-electron chi connectivity index (χ0n) is 12.6. The number of alkyl halides is 2. The number of benzene rings is 1. The summed E-state index contributed by atoms with van der Waals surface area (Å²) in [4.78, 5) is 12.1. The Kier molecular flexibility index (Phi) is 5.05. The summed E-state index contributed by atoms with van der Waals surface area (Å²) in [6.07, 6.45) is -1.35. The van der Waals surface area contributed by atoms with Crippen LogP contribution in [0.1, 0.15) is 17.9 Å². The van der Waals surface area contributed by atoms with E-state index in [0.717, 1.165) is 10.0 Å². The number of pyridine rings is 1. The fourth-order valence-electron chi connectivity index (χ4n) is 2.00. The first-order valence-electron chi connectivity index (χ1n) is 7.10. The molecule has 0 amide bonds. The van der Waals surface area contributed by atoms with Crippen LogP contribution in [0.3, 0.4) is 0 Å². The van der Waals surface area contributed by atoms with Crippen LogP contribution in [0.15, 0.2) is 56.3 Å². The molecule has 0 bridgehead atoms. The molecule has 2 aromatic heterocycles. The molecule has 8 heteroatoms. The average Bonchev–Trinajstić information content (AvgIpc) is 3.07. The zero-order valence-corrected chi connectivity index (χ0v) is 14.2. The quantitative estimate of drug-likeness (QED) is 0.624. The Morgan fingerprint density at radius 2 is 2.08 bits per heavy atom. The molecule has 0 saturated heterocycles. The molecule has 0 saturated carbocycles. The molecular weight excluding hydrogens is 396 g/mol. The molecule has 0 aliphatic carbocycles. The van der Waals surface area contributed by atoms with Gasteiger partial charge in [0, 0.05) is 27.9 Å². The Morgan fingerprint density at radius 3 is 2.76 bits per heavy atom. The van der Waals surface area contributed by atoms with Gasteiger partial charge >= 0.3 is 6.43 Å². The van der Waals surface area contributed by atoms with Gasteiger partial charge in [0.05, 0.1) is 6.54 Å². The maximum Gasteiger partial charge on any atom is 0.314 e. The lowest BCUT2D eigenvalue weighted by Crippen LogP contribution is -2.17. The maximum atomic E-state index is 12.5. The summed E-state index contributed by atoms with van der Waals surface area (Å²) < 4.78 is 32.1. The second-order valence-electron chi connectivity index (χ2n) is 4.94. The van der Waals surface area contributed by atoms with Gasteiger partial charge in [0.25, 0.3) is 11.4 Å². The van der Waals surface area contributed by atoms with Crippen LogP contribution < -0.4 is 5.56 Å². The van der Waals surface area contributed by atoms with Crippen molar-refractivity contribution in [1.82, 2.24) is 14.8 Å². The summed E-state index contributed by atoms with van der Waals surface area (Å²) in [6.45, 7) is 0.192. The first kappa shape index (κ1) is 17.0. The van der Waals surface area contributed by atoms with Crippen molar-refractivity contribution in [3.8, 4) is 23.3 Å². The fourth-order valence-corrected chi connectivity index (χ4v) is 2.40. The number of halogens is 3. The van der Waals surface area contributed by atoms with Gasteiger partial charge in [-0.15, -0.1) is 10.2 Å². The third-order valence-corrected chi connectivity index (χ3v) is 3.67. The fraction of sp³-hybridized carbons (Fsp3) is 0.118. The molecule has 0 radical (unpaired) electrons. The number of hydrogen-bond acceptors (Lipinski definition) is 4. The lowest BCUT2D eigenvalue weighted by Gasteiger charge is -2.01. The van der Waals surface area contributed by atoms with Gasteiger partial charge in [-0.25, -0.2) is 0 Å². The van der Waals surface area contributed by atoms with Crippen molar-refractivity contribution in [1.29, 1.82) is 0 Å². The predicted molar refractivity (Wildman–Crippen MR) is 90.0 cm³/mol. The summed E-state index contributed by atoms with van der Waals surface area (Å²) in [6, 6.07) is 10.3. The highest BCUT2D eigenvalue weighted by molar-refractivity contribution is 9.10. The smallest absolute Gasteiger partial charge is 0.314 e. The number of aromatic nitrogens is 3. The molecule has 0 aliphatic rings. The number of rotatable bonds is 3. The van der Waals surface area contributed by atoms with Gasteiger partial charge in [-0.3, -0.25) is 4.79 Å². The molecule has 5 nitrogen and oxygen atoms in total. The second-order valence-corrected chi connectivity index (χ2v) is 5.86. The van der Waals surface area contributed by atoms with Crippen LogP contribution in [-0.4, -0.2) is 14.8 Å². The molecule has 126 valence electrons. The monoisotopic (exact) mass is 405 g/mol. The van der Waals surface area contributed by atoms with E-state index in [1.807, 2.05) is 24.3 Å². The molecule has 0 aliphatic heterocycles. The summed E-state index contributed by atoms with van der Waals surface area (Å²) in [5, 5.41) is 6.74.